The molecule has 5 heteroatoms. The third-order valence-corrected chi connectivity index (χ3v) is 2.89. The van der Waals surface area contributed by atoms with Gasteiger partial charge in [-0.25, -0.2) is 4.98 Å². The molecule has 19 heavy (non-hydrogen) atoms. The molecule has 1 aromatic carbocycles. The van der Waals surface area contributed by atoms with Crippen LogP contribution >= 0.6 is 0 Å². The van der Waals surface area contributed by atoms with Gasteiger partial charge in [0, 0.05) is 13.1 Å². The van der Waals surface area contributed by atoms with Gasteiger partial charge in [0.25, 0.3) is 0 Å². The zero-order chi connectivity index (χ0) is 13.2. The van der Waals surface area contributed by atoms with Crippen LogP contribution in [0.2, 0.25) is 0 Å². The van der Waals surface area contributed by atoms with Gasteiger partial charge in [-0.2, -0.15) is 4.98 Å². The van der Waals surface area contributed by atoms with Crippen LogP contribution in [-0.4, -0.2) is 19.6 Å². The van der Waals surface area contributed by atoms with Gasteiger partial charge in [0.15, 0.2) is 5.65 Å². The third-order valence-electron chi connectivity index (χ3n) is 2.89. The molecule has 0 atom stereocenters. The number of aromatic nitrogens is 3. The summed E-state index contributed by atoms with van der Waals surface area (Å²) in [5.74, 6) is 1.82. The molecule has 96 valence electrons. The number of nitrogens with zero attached hydrogens (tertiary/aromatic N) is 3. The summed E-state index contributed by atoms with van der Waals surface area (Å²) in [4.78, 5) is 8.68. The summed E-state index contributed by atoms with van der Waals surface area (Å²) in [5.41, 5.74) is 1.43. The second-order valence-electron chi connectivity index (χ2n) is 4.15. The molecule has 2 heterocycles. The molecule has 3 rings (SSSR count). The van der Waals surface area contributed by atoms with Gasteiger partial charge in [0.05, 0.1) is 0 Å². The highest BCUT2D eigenvalue weighted by atomic mass is 16.5. The molecule has 0 aliphatic rings. The number of aliphatic hydroxyl groups excluding tert-OH is 1. The van der Waals surface area contributed by atoms with Crippen molar-refractivity contribution in [1.82, 2.24) is 14.5 Å². The number of para-hydroxylation sites is 1. The Morgan fingerprint density at radius 1 is 1.11 bits per heavy atom. The zero-order valence-corrected chi connectivity index (χ0v) is 10.4. The van der Waals surface area contributed by atoms with Crippen LogP contribution in [-0.2, 0) is 13.7 Å². The summed E-state index contributed by atoms with van der Waals surface area (Å²) in [6, 6.07) is 13.1. The van der Waals surface area contributed by atoms with E-state index in [1.54, 1.807) is 10.6 Å². The van der Waals surface area contributed by atoms with Crippen molar-refractivity contribution in [3.63, 3.8) is 0 Å². The van der Waals surface area contributed by atoms with Gasteiger partial charge in [-0.05, 0) is 18.2 Å². The Balaban J connectivity index is 1.99. The van der Waals surface area contributed by atoms with Crippen molar-refractivity contribution in [3.8, 4) is 11.6 Å². The van der Waals surface area contributed by atoms with E-state index in [1.165, 1.54) is 0 Å². The maximum atomic E-state index is 9.18. The Hall–Kier alpha value is -2.40. The lowest BCUT2D eigenvalue weighted by atomic mass is 10.3. The summed E-state index contributed by atoms with van der Waals surface area (Å²) in [6.07, 6.45) is 0. The van der Waals surface area contributed by atoms with Crippen LogP contribution in [0.15, 0.2) is 42.5 Å². The summed E-state index contributed by atoms with van der Waals surface area (Å²) in [7, 11) is 1.82. The van der Waals surface area contributed by atoms with E-state index in [0.29, 0.717) is 17.4 Å². The molecule has 0 aliphatic carbocycles. The van der Waals surface area contributed by atoms with E-state index in [1.807, 2.05) is 43.4 Å². The largest absolute Gasteiger partial charge is 0.439 e. The SMILES string of the molecule is Cn1c(CO)nc2ccc(Oc3ccccc3)nc21. The van der Waals surface area contributed by atoms with E-state index in [-0.39, 0.29) is 6.61 Å². The molecular weight excluding hydrogens is 242 g/mol. The van der Waals surface area contributed by atoms with Crippen molar-refractivity contribution in [2.45, 2.75) is 6.61 Å². The molecular formula is C14H13N3O2. The molecule has 1 N–H and O–H groups in total. The molecule has 0 unspecified atom stereocenters. The van der Waals surface area contributed by atoms with Crippen molar-refractivity contribution in [3.05, 3.63) is 48.3 Å². The first-order valence-electron chi connectivity index (χ1n) is 5.94. The average Bonchev–Trinajstić information content (AvgIpc) is 2.77. The van der Waals surface area contributed by atoms with Crippen molar-refractivity contribution < 1.29 is 9.84 Å². The summed E-state index contributed by atoms with van der Waals surface area (Å²) >= 11 is 0. The van der Waals surface area contributed by atoms with Gasteiger partial charge in [0.1, 0.15) is 23.7 Å². The molecule has 0 radical (unpaired) electrons. The van der Waals surface area contributed by atoms with Crippen LogP contribution in [0.25, 0.3) is 11.2 Å². The number of imidazole rings is 1. The lowest BCUT2D eigenvalue weighted by Crippen LogP contribution is -1.98. The maximum Gasteiger partial charge on any atom is 0.221 e. The smallest absolute Gasteiger partial charge is 0.221 e. The molecule has 2 aromatic heterocycles. The van der Waals surface area contributed by atoms with Crippen molar-refractivity contribution >= 4 is 11.2 Å². The molecule has 5 nitrogen and oxygen atoms in total. The first-order chi connectivity index (χ1) is 9.28. The highest BCUT2D eigenvalue weighted by molar-refractivity contribution is 5.72. The number of aliphatic hydroxyl groups is 1. The molecule has 0 fully saturated rings. The minimum absolute atomic E-state index is 0.109. The predicted octanol–water partition coefficient (Wildman–Crippen LogP) is 2.25. The van der Waals surface area contributed by atoms with Gasteiger partial charge >= 0.3 is 0 Å². The average molecular weight is 255 g/mol. The number of rotatable bonds is 3. The quantitative estimate of drug-likeness (QED) is 0.779. The first-order valence-corrected chi connectivity index (χ1v) is 5.94. The number of fused-ring (bicyclic) bond motifs is 1. The highest BCUT2D eigenvalue weighted by Gasteiger charge is 2.09. The fourth-order valence-electron chi connectivity index (χ4n) is 1.90. The molecule has 0 aliphatic heterocycles. The van der Waals surface area contributed by atoms with Crippen LogP contribution in [0.4, 0.5) is 0 Å². The first kappa shape index (κ1) is 11.7. The van der Waals surface area contributed by atoms with Crippen molar-refractivity contribution in [2.75, 3.05) is 0 Å². The number of aryl methyl sites for hydroxylation is 1. The van der Waals surface area contributed by atoms with Crippen LogP contribution in [0.3, 0.4) is 0 Å². The zero-order valence-electron chi connectivity index (χ0n) is 10.4. The molecule has 0 bridgehead atoms. The Labute approximate surface area is 110 Å². The van der Waals surface area contributed by atoms with Crippen LogP contribution in [0, 0.1) is 0 Å². The van der Waals surface area contributed by atoms with Gasteiger partial charge in [0.2, 0.25) is 5.88 Å². The number of hydrogen-bond donors (Lipinski definition) is 1. The van der Waals surface area contributed by atoms with E-state index in [4.69, 9.17) is 4.74 Å². The second kappa shape index (κ2) is 4.70. The fourth-order valence-corrected chi connectivity index (χ4v) is 1.90. The second-order valence-corrected chi connectivity index (χ2v) is 4.15. The van der Waals surface area contributed by atoms with Gasteiger partial charge in [-0.3, -0.25) is 0 Å². The summed E-state index contributed by atoms with van der Waals surface area (Å²) in [6.45, 7) is -0.109. The molecule has 0 saturated carbocycles. The van der Waals surface area contributed by atoms with Crippen molar-refractivity contribution in [1.29, 1.82) is 0 Å². The van der Waals surface area contributed by atoms with E-state index >= 15 is 0 Å². The standard InChI is InChI=1S/C14H13N3O2/c1-17-12(9-18)15-11-7-8-13(16-14(11)17)19-10-5-3-2-4-6-10/h2-8,18H,9H2,1H3. The Kier molecular flexibility index (Phi) is 2.89. The van der Waals surface area contributed by atoms with E-state index < -0.39 is 0 Å². The molecule has 0 spiro atoms. The number of hydrogen-bond acceptors (Lipinski definition) is 4. The summed E-state index contributed by atoms with van der Waals surface area (Å²) in [5, 5.41) is 9.18. The lowest BCUT2D eigenvalue weighted by molar-refractivity contribution is 0.268. The van der Waals surface area contributed by atoms with Crippen molar-refractivity contribution in [2.24, 2.45) is 7.05 Å². The van der Waals surface area contributed by atoms with Gasteiger partial charge in [-0.15, -0.1) is 0 Å². The number of pyridine rings is 1. The van der Waals surface area contributed by atoms with Crippen LogP contribution < -0.4 is 4.74 Å². The predicted molar refractivity (Wildman–Crippen MR) is 70.9 cm³/mol. The third kappa shape index (κ3) is 2.15. The van der Waals surface area contributed by atoms with Crippen LogP contribution in [0.5, 0.6) is 11.6 Å². The monoisotopic (exact) mass is 255 g/mol. The van der Waals surface area contributed by atoms with Gasteiger partial charge < -0.3 is 14.4 Å². The highest BCUT2D eigenvalue weighted by Crippen LogP contribution is 2.22. The Bertz CT molecular complexity index is 707. The Morgan fingerprint density at radius 2 is 1.89 bits per heavy atom. The van der Waals surface area contributed by atoms with E-state index in [9.17, 15) is 5.11 Å². The Morgan fingerprint density at radius 3 is 2.63 bits per heavy atom. The maximum absolute atomic E-state index is 9.18. The normalized spacial score (nSPS) is 10.8. The van der Waals surface area contributed by atoms with Gasteiger partial charge in [-0.1, -0.05) is 18.2 Å². The van der Waals surface area contributed by atoms with Crippen LogP contribution in [0.1, 0.15) is 5.82 Å². The molecule has 3 aromatic rings. The minimum Gasteiger partial charge on any atom is -0.439 e. The minimum atomic E-state index is -0.109. The van der Waals surface area contributed by atoms with E-state index in [2.05, 4.69) is 9.97 Å². The number of benzene rings is 1. The topological polar surface area (TPSA) is 60.2 Å². The fraction of sp³-hybridized carbons (Fsp3) is 0.143. The number of ether oxygens (including phenoxy) is 1. The summed E-state index contributed by atoms with van der Waals surface area (Å²) < 4.78 is 7.43. The van der Waals surface area contributed by atoms with E-state index in [0.717, 1.165) is 11.3 Å². The molecule has 0 amide bonds. The lowest BCUT2D eigenvalue weighted by Gasteiger charge is -2.04. The molecule has 0 saturated heterocycles.